The Morgan fingerprint density at radius 2 is 2.07 bits per heavy atom. The third kappa shape index (κ3) is 4.39. The molecule has 1 saturated heterocycles. The number of alkyl halides is 1. The molecule has 1 aliphatic rings. The number of carbonyl (C=O) groups is 1. The lowest BCUT2D eigenvalue weighted by atomic mass is 10.1. The molecule has 1 atom stereocenters. The predicted octanol–water partition coefficient (Wildman–Crippen LogP) is 1.61. The third-order valence-electron chi connectivity index (χ3n) is 2.93. The van der Waals surface area contributed by atoms with Gasteiger partial charge in [0.2, 0.25) is 5.91 Å². The van der Waals surface area contributed by atoms with Crippen molar-refractivity contribution < 1.29 is 4.79 Å². The molecular formula is C11H21ClN2O. The monoisotopic (exact) mass is 232 g/mol. The fourth-order valence-corrected chi connectivity index (χ4v) is 2.03. The molecule has 0 radical (unpaired) electrons. The second kappa shape index (κ2) is 7.07. The molecule has 0 aromatic carbocycles. The quantitative estimate of drug-likeness (QED) is 0.577. The van der Waals surface area contributed by atoms with Crippen LogP contribution in [0.25, 0.3) is 0 Å². The van der Waals surface area contributed by atoms with Gasteiger partial charge in [0, 0.05) is 12.4 Å². The van der Waals surface area contributed by atoms with Crippen molar-refractivity contribution in [2.75, 3.05) is 25.5 Å². The van der Waals surface area contributed by atoms with Crippen molar-refractivity contribution in [3.8, 4) is 0 Å². The second-order valence-corrected chi connectivity index (χ2v) is 4.48. The molecule has 0 aromatic rings. The van der Waals surface area contributed by atoms with E-state index in [0.717, 1.165) is 19.5 Å². The number of piperidine rings is 1. The van der Waals surface area contributed by atoms with E-state index in [1.807, 2.05) is 6.92 Å². The van der Waals surface area contributed by atoms with E-state index < -0.39 is 0 Å². The molecule has 0 aliphatic carbocycles. The Morgan fingerprint density at radius 3 is 2.67 bits per heavy atom. The maximum Gasteiger partial charge on any atom is 0.237 e. The highest BCUT2D eigenvalue weighted by atomic mass is 35.5. The first-order valence-corrected chi connectivity index (χ1v) is 6.37. The molecule has 1 fully saturated rings. The lowest BCUT2D eigenvalue weighted by molar-refractivity contribution is -0.126. The smallest absolute Gasteiger partial charge is 0.237 e. The molecule has 0 saturated carbocycles. The molecule has 1 aliphatic heterocycles. The summed E-state index contributed by atoms with van der Waals surface area (Å²) in [6, 6.07) is 0.0145. The summed E-state index contributed by atoms with van der Waals surface area (Å²) in [4.78, 5) is 14.0. The summed E-state index contributed by atoms with van der Waals surface area (Å²) < 4.78 is 0. The standard InChI is InChI=1S/C11H21ClN2O/c1-10(11(15)13-7-5-6-12)14-8-3-2-4-9-14/h10H,2-9H2,1H3,(H,13,15)/t10-/m1/s1. The second-order valence-electron chi connectivity index (χ2n) is 4.11. The summed E-state index contributed by atoms with van der Waals surface area (Å²) in [6.07, 6.45) is 4.59. The summed E-state index contributed by atoms with van der Waals surface area (Å²) in [7, 11) is 0. The first-order valence-electron chi connectivity index (χ1n) is 5.83. The van der Waals surface area contributed by atoms with Gasteiger partial charge in [0.25, 0.3) is 0 Å². The predicted molar refractivity (Wildman–Crippen MR) is 63.2 cm³/mol. The number of carbonyl (C=O) groups excluding carboxylic acids is 1. The molecule has 0 bridgehead atoms. The minimum Gasteiger partial charge on any atom is -0.355 e. The van der Waals surface area contributed by atoms with E-state index in [-0.39, 0.29) is 11.9 Å². The summed E-state index contributed by atoms with van der Waals surface area (Å²) in [6.45, 7) is 4.80. The van der Waals surface area contributed by atoms with Crippen molar-refractivity contribution in [2.24, 2.45) is 0 Å². The van der Waals surface area contributed by atoms with Crippen molar-refractivity contribution in [3.63, 3.8) is 0 Å². The first-order chi connectivity index (χ1) is 7.25. The number of amides is 1. The average Bonchev–Trinajstić information content (AvgIpc) is 2.29. The fourth-order valence-electron chi connectivity index (χ4n) is 1.90. The summed E-state index contributed by atoms with van der Waals surface area (Å²) >= 11 is 5.55. The van der Waals surface area contributed by atoms with Crippen LogP contribution in [0.5, 0.6) is 0 Å². The highest BCUT2D eigenvalue weighted by molar-refractivity contribution is 6.17. The molecule has 88 valence electrons. The van der Waals surface area contributed by atoms with Gasteiger partial charge in [-0.15, -0.1) is 11.6 Å². The SMILES string of the molecule is C[C@H](C(=O)NCCCCl)N1CCCCC1. The largest absolute Gasteiger partial charge is 0.355 e. The van der Waals surface area contributed by atoms with Crippen LogP contribution in [0, 0.1) is 0 Å². The van der Waals surface area contributed by atoms with E-state index in [0.29, 0.717) is 12.4 Å². The van der Waals surface area contributed by atoms with Crippen molar-refractivity contribution >= 4 is 17.5 Å². The number of rotatable bonds is 5. The van der Waals surface area contributed by atoms with Gasteiger partial charge in [-0.2, -0.15) is 0 Å². The van der Waals surface area contributed by atoms with Gasteiger partial charge in [0.1, 0.15) is 0 Å². The van der Waals surface area contributed by atoms with Crippen LogP contribution >= 0.6 is 11.6 Å². The van der Waals surface area contributed by atoms with E-state index in [9.17, 15) is 4.79 Å². The van der Waals surface area contributed by atoms with Crippen molar-refractivity contribution in [3.05, 3.63) is 0 Å². The Hall–Kier alpha value is -0.280. The first kappa shape index (κ1) is 12.8. The van der Waals surface area contributed by atoms with E-state index in [4.69, 9.17) is 11.6 Å². The Morgan fingerprint density at radius 1 is 1.40 bits per heavy atom. The normalized spacial score (nSPS) is 19.9. The van der Waals surface area contributed by atoms with E-state index in [2.05, 4.69) is 10.2 Å². The zero-order valence-corrected chi connectivity index (χ0v) is 10.2. The fraction of sp³-hybridized carbons (Fsp3) is 0.909. The zero-order valence-electron chi connectivity index (χ0n) is 9.47. The molecule has 1 N–H and O–H groups in total. The highest BCUT2D eigenvalue weighted by Gasteiger charge is 2.21. The van der Waals surface area contributed by atoms with Crippen LogP contribution in [-0.4, -0.2) is 42.4 Å². The van der Waals surface area contributed by atoms with Gasteiger partial charge in [-0.1, -0.05) is 6.42 Å². The number of nitrogens with one attached hydrogen (secondary N) is 1. The van der Waals surface area contributed by atoms with Gasteiger partial charge in [-0.3, -0.25) is 9.69 Å². The molecule has 0 aromatic heterocycles. The van der Waals surface area contributed by atoms with Gasteiger partial charge in [0.15, 0.2) is 0 Å². The van der Waals surface area contributed by atoms with Gasteiger partial charge in [0.05, 0.1) is 6.04 Å². The minimum atomic E-state index is 0.0145. The van der Waals surface area contributed by atoms with E-state index in [1.165, 1.54) is 19.3 Å². The van der Waals surface area contributed by atoms with Gasteiger partial charge >= 0.3 is 0 Å². The molecular weight excluding hydrogens is 212 g/mol. The molecule has 4 heteroatoms. The maximum atomic E-state index is 11.7. The molecule has 3 nitrogen and oxygen atoms in total. The van der Waals surface area contributed by atoms with Gasteiger partial charge in [-0.05, 0) is 39.3 Å². The van der Waals surface area contributed by atoms with Crippen LogP contribution in [0.3, 0.4) is 0 Å². The molecule has 0 spiro atoms. The minimum absolute atomic E-state index is 0.0145. The third-order valence-corrected chi connectivity index (χ3v) is 3.19. The van der Waals surface area contributed by atoms with E-state index >= 15 is 0 Å². The summed E-state index contributed by atoms with van der Waals surface area (Å²) in [5.74, 6) is 0.750. The Balaban J connectivity index is 2.24. The van der Waals surface area contributed by atoms with Crippen LogP contribution in [0.4, 0.5) is 0 Å². The van der Waals surface area contributed by atoms with Gasteiger partial charge in [-0.25, -0.2) is 0 Å². The number of halogens is 1. The van der Waals surface area contributed by atoms with Gasteiger partial charge < -0.3 is 5.32 Å². The van der Waals surface area contributed by atoms with Crippen molar-refractivity contribution in [1.29, 1.82) is 0 Å². The zero-order chi connectivity index (χ0) is 11.1. The van der Waals surface area contributed by atoms with Crippen LogP contribution in [-0.2, 0) is 4.79 Å². The van der Waals surface area contributed by atoms with Crippen LogP contribution in [0.1, 0.15) is 32.6 Å². The molecule has 1 rings (SSSR count). The van der Waals surface area contributed by atoms with Crippen molar-refractivity contribution in [1.82, 2.24) is 10.2 Å². The molecule has 0 unspecified atom stereocenters. The highest BCUT2D eigenvalue weighted by Crippen LogP contribution is 2.11. The number of nitrogens with zero attached hydrogens (tertiary/aromatic N) is 1. The molecule has 1 amide bonds. The summed E-state index contributed by atoms with van der Waals surface area (Å²) in [5.41, 5.74) is 0. The maximum absolute atomic E-state index is 11.7. The molecule has 1 heterocycles. The topological polar surface area (TPSA) is 32.3 Å². The molecule has 15 heavy (non-hydrogen) atoms. The Kier molecular flexibility index (Phi) is 6.03. The lowest BCUT2D eigenvalue weighted by Gasteiger charge is -2.31. The van der Waals surface area contributed by atoms with Crippen LogP contribution in [0.15, 0.2) is 0 Å². The Labute approximate surface area is 97.2 Å². The number of hydrogen-bond acceptors (Lipinski definition) is 2. The average molecular weight is 233 g/mol. The van der Waals surface area contributed by atoms with Crippen LogP contribution < -0.4 is 5.32 Å². The number of hydrogen-bond donors (Lipinski definition) is 1. The van der Waals surface area contributed by atoms with E-state index in [1.54, 1.807) is 0 Å². The van der Waals surface area contributed by atoms with Crippen molar-refractivity contribution in [2.45, 2.75) is 38.6 Å². The van der Waals surface area contributed by atoms with Crippen LogP contribution in [0.2, 0.25) is 0 Å². The lowest BCUT2D eigenvalue weighted by Crippen LogP contribution is -2.47. The Bertz CT molecular complexity index is 193. The summed E-state index contributed by atoms with van der Waals surface area (Å²) in [5, 5.41) is 2.92. The number of likely N-dealkylation sites (tertiary alicyclic amines) is 1.